The molecule has 0 bridgehead atoms. The number of aromatic nitrogens is 4. The van der Waals surface area contributed by atoms with E-state index in [1.165, 1.54) is 0 Å². The molecule has 3 aromatic rings. The summed E-state index contributed by atoms with van der Waals surface area (Å²) < 4.78 is 8.84. The highest BCUT2D eigenvalue weighted by Crippen LogP contribution is 2.29. The summed E-state index contributed by atoms with van der Waals surface area (Å²) in [5.41, 5.74) is 9.12. The summed E-state index contributed by atoms with van der Waals surface area (Å²) in [6.07, 6.45) is 5.35. The molecule has 3 rings (SSSR count). The fourth-order valence-corrected chi connectivity index (χ4v) is 2.28. The van der Waals surface area contributed by atoms with Crippen LogP contribution in [0.15, 0.2) is 36.8 Å². The van der Waals surface area contributed by atoms with Crippen molar-refractivity contribution in [2.75, 3.05) is 7.11 Å². The van der Waals surface area contributed by atoms with Gasteiger partial charge in [0.05, 0.1) is 31.1 Å². The van der Waals surface area contributed by atoms with Crippen LogP contribution in [0.1, 0.15) is 17.3 Å². The van der Waals surface area contributed by atoms with Crippen LogP contribution < -0.4 is 10.5 Å². The smallest absolute Gasteiger partial charge is 0.161 e. The average Bonchev–Trinajstić information content (AvgIpc) is 3.01. The van der Waals surface area contributed by atoms with Gasteiger partial charge in [-0.2, -0.15) is 10.2 Å². The van der Waals surface area contributed by atoms with Crippen molar-refractivity contribution >= 4 is 5.52 Å². The number of rotatable bonds is 3. The van der Waals surface area contributed by atoms with Crippen LogP contribution in [0.4, 0.5) is 0 Å². The van der Waals surface area contributed by atoms with Gasteiger partial charge in [0.15, 0.2) is 5.75 Å². The summed E-state index contributed by atoms with van der Waals surface area (Å²) in [5, 5.41) is 8.48. The molecule has 3 heterocycles. The minimum absolute atomic E-state index is 0.331. The third-order valence-electron chi connectivity index (χ3n) is 3.26. The Balaban J connectivity index is 2.13. The summed E-state index contributed by atoms with van der Waals surface area (Å²) in [5.74, 6) is 0.685. The molecular weight excluding hydrogens is 242 g/mol. The van der Waals surface area contributed by atoms with E-state index in [-0.39, 0.29) is 6.04 Å². The van der Waals surface area contributed by atoms with Crippen LogP contribution in [0.3, 0.4) is 0 Å². The van der Waals surface area contributed by atoms with Gasteiger partial charge in [-0.1, -0.05) is 6.07 Å². The molecule has 3 aromatic heterocycles. The van der Waals surface area contributed by atoms with E-state index in [1.54, 1.807) is 28.7 Å². The van der Waals surface area contributed by atoms with Crippen LogP contribution in [-0.2, 0) is 7.05 Å². The summed E-state index contributed by atoms with van der Waals surface area (Å²) in [7, 11) is 3.47. The largest absolute Gasteiger partial charge is 0.493 e. The molecule has 0 fully saturated rings. The van der Waals surface area contributed by atoms with Gasteiger partial charge in [0.25, 0.3) is 0 Å². The molecule has 0 spiro atoms. The molecule has 0 aliphatic heterocycles. The maximum Gasteiger partial charge on any atom is 0.161 e. The second kappa shape index (κ2) is 4.40. The van der Waals surface area contributed by atoms with Crippen LogP contribution in [0.2, 0.25) is 0 Å². The maximum absolute atomic E-state index is 6.35. The van der Waals surface area contributed by atoms with Crippen molar-refractivity contribution in [3.63, 3.8) is 0 Å². The van der Waals surface area contributed by atoms with E-state index >= 15 is 0 Å². The molecule has 1 atom stereocenters. The average molecular weight is 257 g/mol. The van der Waals surface area contributed by atoms with Crippen LogP contribution in [-0.4, -0.2) is 26.5 Å². The molecule has 98 valence electrons. The molecule has 0 radical (unpaired) electrons. The molecule has 6 nitrogen and oxygen atoms in total. The van der Waals surface area contributed by atoms with Crippen molar-refractivity contribution in [1.29, 1.82) is 0 Å². The number of ether oxygens (including phenoxy) is 1. The van der Waals surface area contributed by atoms with Crippen molar-refractivity contribution in [2.24, 2.45) is 12.8 Å². The summed E-state index contributed by atoms with van der Waals surface area (Å²) in [6, 6.07) is 5.56. The predicted molar refractivity (Wildman–Crippen MR) is 71.0 cm³/mol. The number of hydrogen-bond acceptors (Lipinski definition) is 4. The first-order valence-corrected chi connectivity index (χ1v) is 5.96. The van der Waals surface area contributed by atoms with Gasteiger partial charge in [-0.3, -0.25) is 4.68 Å². The molecule has 2 N–H and O–H groups in total. The highest BCUT2D eigenvalue weighted by Gasteiger charge is 2.21. The van der Waals surface area contributed by atoms with Gasteiger partial charge in [0.2, 0.25) is 0 Å². The van der Waals surface area contributed by atoms with Crippen LogP contribution in [0, 0.1) is 0 Å². The first-order chi connectivity index (χ1) is 9.22. The van der Waals surface area contributed by atoms with Gasteiger partial charge in [-0.05, 0) is 12.1 Å². The zero-order chi connectivity index (χ0) is 13.4. The van der Waals surface area contributed by atoms with Gasteiger partial charge in [-0.15, -0.1) is 0 Å². The van der Waals surface area contributed by atoms with E-state index in [0.29, 0.717) is 5.75 Å². The zero-order valence-corrected chi connectivity index (χ0v) is 10.8. The topological polar surface area (TPSA) is 70.4 Å². The number of aryl methyl sites for hydroxylation is 1. The molecule has 0 aliphatic carbocycles. The van der Waals surface area contributed by atoms with Gasteiger partial charge < -0.3 is 10.5 Å². The fraction of sp³-hybridized carbons (Fsp3) is 0.231. The van der Waals surface area contributed by atoms with Gasteiger partial charge in [0, 0.05) is 18.8 Å². The maximum atomic E-state index is 6.35. The third kappa shape index (κ3) is 1.77. The summed E-state index contributed by atoms with van der Waals surface area (Å²) in [6.45, 7) is 0. The lowest BCUT2D eigenvalue weighted by Crippen LogP contribution is -2.16. The molecule has 19 heavy (non-hydrogen) atoms. The number of nitrogens with two attached hydrogens (primary N) is 1. The first-order valence-electron chi connectivity index (χ1n) is 5.96. The predicted octanol–water partition coefficient (Wildman–Crippen LogP) is 1.12. The van der Waals surface area contributed by atoms with Crippen molar-refractivity contribution in [3.05, 3.63) is 48.0 Å². The Bertz CT molecular complexity index is 715. The Morgan fingerprint density at radius 2 is 2.11 bits per heavy atom. The lowest BCUT2D eigenvalue weighted by Gasteiger charge is -2.13. The van der Waals surface area contributed by atoms with Crippen LogP contribution in [0.5, 0.6) is 5.75 Å². The van der Waals surface area contributed by atoms with E-state index in [1.807, 2.05) is 31.4 Å². The number of pyridine rings is 1. The van der Waals surface area contributed by atoms with Crippen molar-refractivity contribution in [1.82, 2.24) is 19.4 Å². The highest BCUT2D eigenvalue weighted by atomic mass is 16.5. The summed E-state index contributed by atoms with van der Waals surface area (Å²) in [4.78, 5) is 0. The second-order valence-electron chi connectivity index (χ2n) is 4.33. The standard InChI is InChI=1S/C13H15N5O/c1-17-13(11(19-2)8-15-17)12(14)9-7-16-18-6-4-3-5-10(9)18/h3-8,12H,14H2,1-2H3. The lowest BCUT2D eigenvalue weighted by atomic mass is 10.1. The zero-order valence-electron chi connectivity index (χ0n) is 10.8. The van der Waals surface area contributed by atoms with E-state index in [9.17, 15) is 0 Å². The van der Waals surface area contributed by atoms with Gasteiger partial charge in [0.1, 0.15) is 5.69 Å². The van der Waals surface area contributed by atoms with E-state index in [2.05, 4.69) is 10.2 Å². The van der Waals surface area contributed by atoms with Crippen LogP contribution in [0.25, 0.3) is 5.52 Å². The van der Waals surface area contributed by atoms with Gasteiger partial charge in [-0.25, -0.2) is 4.52 Å². The minimum atomic E-state index is -0.331. The Hall–Kier alpha value is -2.34. The lowest BCUT2D eigenvalue weighted by molar-refractivity contribution is 0.406. The van der Waals surface area contributed by atoms with E-state index in [0.717, 1.165) is 16.8 Å². The van der Waals surface area contributed by atoms with Crippen molar-refractivity contribution in [3.8, 4) is 5.75 Å². The SMILES string of the molecule is COc1cnn(C)c1C(N)c1cnn2ccccc12. The molecule has 1 unspecified atom stereocenters. The number of nitrogens with zero attached hydrogens (tertiary/aromatic N) is 4. The van der Waals surface area contributed by atoms with Gasteiger partial charge >= 0.3 is 0 Å². The molecular formula is C13H15N5O. The quantitative estimate of drug-likeness (QED) is 0.763. The Morgan fingerprint density at radius 3 is 2.89 bits per heavy atom. The molecule has 0 aromatic carbocycles. The first kappa shape index (κ1) is 11.7. The monoisotopic (exact) mass is 257 g/mol. The Kier molecular flexibility index (Phi) is 2.72. The van der Waals surface area contributed by atoms with E-state index in [4.69, 9.17) is 10.5 Å². The summed E-state index contributed by atoms with van der Waals surface area (Å²) >= 11 is 0. The minimum Gasteiger partial charge on any atom is -0.493 e. The molecule has 0 saturated carbocycles. The second-order valence-corrected chi connectivity index (χ2v) is 4.33. The Labute approximate surface area is 110 Å². The number of fused-ring (bicyclic) bond motifs is 1. The van der Waals surface area contributed by atoms with E-state index < -0.39 is 0 Å². The van der Waals surface area contributed by atoms with Crippen molar-refractivity contribution in [2.45, 2.75) is 6.04 Å². The molecule has 6 heteroatoms. The van der Waals surface area contributed by atoms with Crippen molar-refractivity contribution < 1.29 is 4.74 Å². The number of hydrogen-bond donors (Lipinski definition) is 1. The fourth-order valence-electron chi connectivity index (χ4n) is 2.28. The van der Waals surface area contributed by atoms with Crippen LogP contribution >= 0.6 is 0 Å². The molecule has 0 aliphatic rings. The Morgan fingerprint density at radius 1 is 1.26 bits per heavy atom. The molecule has 0 amide bonds. The third-order valence-corrected chi connectivity index (χ3v) is 3.26. The molecule has 0 saturated heterocycles. The highest BCUT2D eigenvalue weighted by molar-refractivity contribution is 5.57. The number of methoxy groups -OCH3 is 1. The normalized spacial score (nSPS) is 12.8.